The van der Waals surface area contributed by atoms with Crippen molar-refractivity contribution in [1.29, 1.82) is 0 Å². The lowest BCUT2D eigenvalue weighted by molar-refractivity contribution is 0.0526. The molecule has 0 aliphatic heterocycles. The lowest BCUT2D eigenvalue weighted by atomic mass is 10.2. The summed E-state index contributed by atoms with van der Waals surface area (Å²) in [6.07, 6.45) is 0. The highest BCUT2D eigenvalue weighted by Crippen LogP contribution is 2.20. The fourth-order valence-electron chi connectivity index (χ4n) is 2.02. The number of sulfonamides is 1. The zero-order valence-corrected chi connectivity index (χ0v) is 14.3. The maximum atomic E-state index is 12.4. The molecule has 0 heterocycles. The zero-order chi connectivity index (χ0) is 17.6. The van der Waals surface area contributed by atoms with Crippen LogP contribution in [0.3, 0.4) is 0 Å². The molecule has 0 bridgehead atoms. The van der Waals surface area contributed by atoms with Gasteiger partial charge in [0.25, 0.3) is 10.0 Å². The lowest BCUT2D eigenvalue weighted by Crippen LogP contribution is -2.13. The summed E-state index contributed by atoms with van der Waals surface area (Å²) < 4.78 is 37.5. The van der Waals surface area contributed by atoms with Crippen molar-refractivity contribution < 1.29 is 22.7 Å². The van der Waals surface area contributed by atoms with Crippen LogP contribution in [-0.4, -0.2) is 27.6 Å². The summed E-state index contributed by atoms with van der Waals surface area (Å²) in [4.78, 5) is 11.8. The first-order valence-electron chi connectivity index (χ1n) is 7.49. The van der Waals surface area contributed by atoms with E-state index in [0.717, 1.165) is 0 Å². The van der Waals surface area contributed by atoms with Gasteiger partial charge in [-0.3, -0.25) is 4.72 Å². The van der Waals surface area contributed by atoms with Crippen LogP contribution in [0.4, 0.5) is 5.69 Å². The third-order valence-electron chi connectivity index (χ3n) is 3.07. The summed E-state index contributed by atoms with van der Waals surface area (Å²) in [7, 11) is -3.76. The number of anilines is 1. The molecule has 0 unspecified atom stereocenters. The van der Waals surface area contributed by atoms with E-state index in [-0.39, 0.29) is 22.8 Å². The Kier molecular flexibility index (Phi) is 5.81. The van der Waals surface area contributed by atoms with Crippen LogP contribution in [0.15, 0.2) is 53.4 Å². The fourth-order valence-corrected chi connectivity index (χ4v) is 3.07. The smallest absolute Gasteiger partial charge is 0.338 e. The standard InChI is InChI=1S/C17H19NO5S/c1-3-22-15-8-10-16(11-9-15)24(20,21)18-14-7-5-6-13(12-14)17(19)23-4-2/h5-12,18H,3-4H2,1-2H3. The molecule has 0 fully saturated rings. The molecule has 128 valence electrons. The highest BCUT2D eigenvalue weighted by Gasteiger charge is 2.15. The fraction of sp³-hybridized carbons (Fsp3) is 0.235. The average molecular weight is 349 g/mol. The Morgan fingerprint density at radius 1 is 1.04 bits per heavy atom. The number of benzene rings is 2. The van der Waals surface area contributed by atoms with Crippen LogP contribution in [0.2, 0.25) is 0 Å². The number of ether oxygens (including phenoxy) is 2. The number of carbonyl (C=O) groups is 1. The van der Waals surface area contributed by atoms with Crippen molar-refractivity contribution in [1.82, 2.24) is 0 Å². The van der Waals surface area contributed by atoms with Crippen molar-refractivity contribution in [3.63, 3.8) is 0 Å². The lowest BCUT2D eigenvalue weighted by Gasteiger charge is -2.10. The number of hydrogen-bond donors (Lipinski definition) is 1. The van der Waals surface area contributed by atoms with E-state index >= 15 is 0 Å². The van der Waals surface area contributed by atoms with Crippen molar-refractivity contribution in [2.75, 3.05) is 17.9 Å². The van der Waals surface area contributed by atoms with Gasteiger partial charge in [0.1, 0.15) is 5.75 Å². The van der Waals surface area contributed by atoms with Gasteiger partial charge in [0.2, 0.25) is 0 Å². The Labute approximate surface area is 141 Å². The molecule has 2 rings (SSSR count). The molecule has 0 saturated carbocycles. The first-order chi connectivity index (χ1) is 11.5. The Balaban J connectivity index is 2.19. The molecule has 0 amide bonds. The molecule has 1 N–H and O–H groups in total. The first-order valence-corrected chi connectivity index (χ1v) is 8.97. The molecule has 0 aliphatic carbocycles. The van der Waals surface area contributed by atoms with Crippen molar-refractivity contribution in [2.45, 2.75) is 18.7 Å². The molecule has 6 nitrogen and oxygen atoms in total. The highest BCUT2D eigenvalue weighted by atomic mass is 32.2. The van der Waals surface area contributed by atoms with E-state index in [9.17, 15) is 13.2 Å². The van der Waals surface area contributed by atoms with Crippen molar-refractivity contribution in [2.24, 2.45) is 0 Å². The van der Waals surface area contributed by atoms with Gasteiger partial charge in [-0.1, -0.05) is 6.07 Å². The normalized spacial score (nSPS) is 10.9. The topological polar surface area (TPSA) is 81.7 Å². The Morgan fingerprint density at radius 3 is 2.38 bits per heavy atom. The van der Waals surface area contributed by atoms with Gasteiger partial charge in [0.05, 0.1) is 23.7 Å². The predicted molar refractivity (Wildman–Crippen MR) is 90.8 cm³/mol. The monoisotopic (exact) mass is 349 g/mol. The number of carbonyl (C=O) groups excluding carboxylic acids is 1. The predicted octanol–water partition coefficient (Wildman–Crippen LogP) is 3.06. The van der Waals surface area contributed by atoms with Gasteiger partial charge < -0.3 is 9.47 Å². The van der Waals surface area contributed by atoms with Crippen LogP contribution in [-0.2, 0) is 14.8 Å². The van der Waals surface area contributed by atoms with Gasteiger partial charge in [0.15, 0.2) is 0 Å². The molecule has 0 aliphatic rings. The minimum Gasteiger partial charge on any atom is -0.494 e. The number of hydrogen-bond acceptors (Lipinski definition) is 5. The largest absolute Gasteiger partial charge is 0.494 e. The molecular formula is C17H19NO5S. The van der Waals surface area contributed by atoms with E-state index in [2.05, 4.69) is 4.72 Å². The molecule has 2 aromatic carbocycles. The summed E-state index contributed by atoms with van der Waals surface area (Å²) >= 11 is 0. The van der Waals surface area contributed by atoms with Gasteiger partial charge in [-0.2, -0.15) is 0 Å². The van der Waals surface area contributed by atoms with Crippen molar-refractivity contribution in [3.05, 3.63) is 54.1 Å². The molecule has 0 radical (unpaired) electrons. The van der Waals surface area contributed by atoms with Gasteiger partial charge in [-0.15, -0.1) is 0 Å². The third kappa shape index (κ3) is 4.48. The van der Waals surface area contributed by atoms with E-state index in [1.165, 1.54) is 18.2 Å². The SMILES string of the molecule is CCOC(=O)c1cccc(NS(=O)(=O)c2ccc(OCC)cc2)c1. The van der Waals surface area contributed by atoms with Crippen LogP contribution < -0.4 is 9.46 Å². The summed E-state index contributed by atoms with van der Waals surface area (Å²) in [6.45, 7) is 4.31. The van der Waals surface area contributed by atoms with E-state index in [1.54, 1.807) is 37.3 Å². The third-order valence-corrected chi connectivity index (χ3v) is 4.47. The second kappa shape index (κ2) is 7.83. The second-order valence-corrected chi connectivity index (χ2v) is 6.49. The van der Waals surface area contributed by atoms with E-state index < -0.39 is 16.0 Å². The molecule has 0 aromatic heterocycles. The quantitative estimate of drug-likeness (QED) is 0.777. The molecule has 7 heteroatoms. The Bertz CT molecular complexity index is 800. The Hall–Kier alpha value is -2.54. The van der Waals surface area contributed by atoms with Crippen LogP contribution in [0.1, 0.15) is 24.2 Å². The minimum absolute atomic E-state index is 0.104. The number of esters is 1. The van der Waals surface area contributed by atoms with E-state index in [0.29, 0.717) is 12.4 Å². The Morgan fingerprint density at radius 2 is 1.75 bits per heavy atom. The summed E-state index contributed by atoms with van der Waals surface area (Å²) in [5.74, 6) is 0.0976. The van der Waals surface area contributed by atoms with Gasteiger partial charge in [0, 0.05) is 5.69 Å². The summed E-state index contributed by atoms with van der Waals surface area (Å²) in [6, 6.07) is 12.2. The van der Waals surface area contributed by atoms with Crippen LogP contribution in [0.25, 0.3) is 0 Å². The van der Waals surface area contributed by atoms with Crippen LogP contribution in [0, 0.1) is 0 Å². The molecule has 0 atom stereocenters. The maximum Gasteiger partial charge on any atom is 0.338 e. The number of rotatable bonds is 7. The molecule has 24 heavy (non-hydrogen) atoms. The maximum absolute atomic E-state index is 12.4. The van der Waals surface area contributed by atoms with Gasteiger partial charge in [-0.05, 0) is 56.3 Å². The van der Waals surface area contributed by atoms with Gasteiger partial charge >= 0.3 is 5.97 Å². The zero-order valence-electron chi connectivity index (χ0n) is 13.5. The molecule has 0 spiro atoms. The van der Waals surface area contributed by atoms with Crippen molar-refractivity contribution >= 4 is 21.7 Å². The second-order valence-electron chi connectivity index (χ2n) is 4.81. The van der Waals surface area contributed by atoms with E-state index in [1.807, 2.05) is 6.92 Å². The molecular weight excluding hydrogens is 330 g/mol. The van der Waals surface area contributed by atoms with Crippen molar-refractivity contribution in [3.8, 4) is 5.75 Å². The highest BCUT2D eigenvalue weighted by molar-refractivity contribution is 7.92. The first kappa shape index (κ1) is 17.8. The van der Waals surface area contributed by atoms with E-state index in [4.69, 9.17) is 9.47 Å². The summed E-state index contributed by atoms with van der Waals surface area (Å²) in [5, 5.41) is 0. The van der Waals surface area contributed by atoms with Gasteiger partial charge in [-0.25, -0.2) is 13.2 Å². The molecule has 2 aromatic rings. The summed E-state index contributed by atoms with van der Waals surface area (Å²) in [5.41, 5.74) is 0.568. The minimum atomic E-state index is -3.76. The number of nitrogens with one attached hydrogen (secondary N) is 1. The average Bonchev–Trinajstić information content (AvgIpc) is 2.56. The molecule has 0 saturated heterocycles. The van der Waals surface area contributed by atoms with Crippen LogP contribution >= 0.6 is 0 Å². The van der Waals surface area contributed by atoms with Crippen LogP contribution in [0.5, 0.6) is 5.75 Å².